The van der Waals surface area contributed by atoms with Gasteiger partial charge in [0.1, 0.15) is 5.16 Å². The Bertz CT molecular complexity index is 829. The summed E-state index contributed by atoms with van der Waals surface area (Å²) in [5, 5.41) is 13.8. The Morgan fingerprint density at radius 2 is 1.00 bits per heavy atom. The van der Waals surface area contributed by atoms with Crippen LogP contribution in [-0.4, -0.2) is 11.1 Å². The van der Waals surface area contributed by atoms with Crippen molar-refractivity contribution < 1.29 is 0 Å². The SMILES string of the molecule is C1=PC(=P(c2ccccc2)(c2ccccc2)c2ccccc2)N=N1. The minimum atomic E-state index is -1.99. The lowest BCUT2D eigenvalue weighted by molar-refractivity contribution is 1.43. The van der Waals surface area contributed by atoms with Crippen LogP contribution in [0.3, 0.4) is 0 Å². The standard InChI is InChI=1S/C20H16N2P2/c1-4-10-17(11-5-1)24(20-22-21-16-23-20,18-12-6-2-7-13-18)19-14-8-3-9-15-19/h1-16H. The van der Waals surface area contributed by atoms with Gasteiger partial charge in [0, 0.05) is 6.89 Å². The first-order valence-corrected chi connectivity index (χ1v) is 10.5. The smallest absolute Gasteiger partial charge is 0.122 e. The van der Waals surface area contributed by atoms with Crippen molar-refractivity contribution in [2.45, 2.75) is 0 Å². The Hall–Kier alpha value is -2.27. The Labute approximate surface area is 143 Å². The maximum Gasteiger partial charge on any atom is 0.122 e. The Kier molecular flexibility index (Phi) is 4.26. The van der Waals surface area contributed by atoms with Gasteiger partial charge in [-0.1, -0.05) is 91.0 Å². The van der Waals surface area contributed by atoms with E-state index in [-0.39, 0.29) is 0 Å². The van der Waals surface area contributed by atoms with Crippen molar-refractivity contribution in [1.82, 2.24) is 0 Å². The van der Waals surface area contributed by atoms with Crippen molar-refractivity contribution in [3.8, 4) is 0 Å². The average molecular weight is 346 g/mol. The van der Waals surface area contributed by atoms with Gasteiger partial charge in [-0.2, -0.15) is 5.11 Å². The van der Waals surface area contributed by atoms with E-state index in [0.29, 0.717) is 0 Å². The molecule has 0 bridgehead atoms. The lowest BCUT2D eigenvalue weighted by Gasteiger charge is -2.28. The van der Waals surface area contributed by atoms with Gasteiger partial charge in [-0.25, -0.2) is 0 Å². The van der Waals surface area contributed by atoms with Gasteiger partial charge in [-0.3, -0.25) is 0 Å². The summed E-state index contributed by atoms with van der Waals surface area (Å²) < 4.78 is 0. The topological polar surface area (TPSA) is 24.7 Å². The summed E-state index contributed by atoms with van der Waals surface area (Å²) in [6.45, 7) is -1.99. The van der Waals surface area contributed by atoms with Crippen LogP contribution in [0.15, 0.2) is 101 Å². The molecule has 4 heteroatoms. The predicted molar refractivity (Wildman–Crippen MR) is 108 cm³/mol. The second kappa shape index (κ2) is 6.69. The van der Waals surface area contributed by atoms with Crippen LogP contribution in [0.25, 0.3) is 0 Å². The quantitative estimate of drug-likeness (QED) is 0.634. The molecular formula is C20H16N2P2. The first kappa shape index (κ1) is 15.3. The fourth-order valence-corrected chi connectivity index (χ4v) is 8.91. The molecule has 0 saturated carbocycles. The van der Waals surface area contributed by atoms with Crippen molar-refractivity contribution >= 4 is 42.1 Å². The Morgan fingerprint density at radius 1 is 0.583 bits per heavy atom. The normalized spacial score (nSPS) is 14.1. The zero-order valence-corrected chi connectivity index (χ0v) is 14.8. The molecule has 24 heavy (non-hydrogen) atoms. The summed E-state index contributed by atoms with van der Waals surface area (Å²) in [6.07, 6.45) is 0. The van der Waals surface area contributed by atoms with Crippen molar-refractivity contribution in [3.63, 3.8) is 0 Å². The molecule has 0 fully saturated rings. The van der Waals surface area contributed by atoms with E-state index >= 15 is 0 Å². The Balaban J connectivity index is 2.19. The van der Waals surface area contributed by atoms with Crippen molar-refractivity contribution in [2.75, 3.05) is 0 Å². The van der Waals surface area contributed by atoms with Crippen LogP contribution in [0.5, 0.6) is 0 Å². The zero-order chi connectivity index (χ0) is 16.2. The first-order chi connectivity index (χ1) is 11.9. The molecule has 0 unspecified atom stereocenters. The average Bonchev–Trinajstić information content (AvgIpc) is 3.20. The minimum Gasteiger partial charge on any atom is -0.153 e. The van der Waals surface area contributed by atoms with Crippen LogP contribution < -0.4 is 15.9 Å². The van der Waals surface area contributed by atoms with E-state index in [1.54, 1.807) is 0 Å². The molecule has 4 rings (SSSR count). The van der Waals surface area contributed by atoms with Gasteiger partial charge in [0.25, 0.3) is 0 Å². The van der Waals surface area contributed by atoms with Crippen LogP contribution >= 0.6 is 15.1 Å². The molecule has 0 atom stereocenters. The van der Waals surface area contributed by atoms with Gasteiger partial charge in [0.15, 0.2) is 0 Å². The highest BCUT2D eigenvalue weighted by molar-refractivity contribution is 8.03. The highest BCUT2D eigenvalue weighted by Gasteiger charge is 2.30. The lowest BCUT2D eigenvalue weighted by Crippen LogP contribution is -2.28. The van der Waals surface area contributed by atoms with E-state index in [4.69, 9.17) is 0 Å². The van der Waals surface area contributed by atoms with E-state index in [0.717, 1.165) is 13.4 Å². The van der Waals surface area contributed by atoms with Gasteiger partial charge < -0.3 is 0 Å². The lowest BCUT2D eigenvalue weighted by atomic mass is 10.4. The van der Waals surface area contributed by atoms with E-state index in [1.165, 1.54) is 15.9 Å². The predicted octanol–water partition coefficient (Wildman–Crippen LogP) is 4.24. The van der Waals surface area contributed by atoms with Gasteiger partial charge >= 0.3 is 0 Å². The van der Waals surface area contributed by atoms with Gasteiger partial charge in [0.05, 0.1) is 5.92 Å². The minimum absolute atomic E-state index is 1.09. The van der Waals surface area contributed by atoms with Crippen LogP contribution in [0.1, 0.15) is 0 Å². The third kappa shape index (κ3) is 2.49. The summed E-state index contributed by atoms with van der Waals surface area (Å²) in [4.78, 5) is 0. The maximum atomic E-state index is 4.56. The third-order valence-corrected chi connectivity index (χ3v) is 9.80. The molecule has 1 heterocycles. The summed E-state index contributed by atoms with van der Waals surface area (Å²) in [7, 11) is 1.09. The van der Waals surface area contributed by atoms with Crippen molar-refractivity contribution in [1.29, 1.82) is 0 Å². The molecule has 0 saturated heterocycles. The fraction of sp³-hybridized carbons (Fsp3) is 0. The van der Waals surface area contributed by atoms with E-state index in [9.17, 15) is 0 Å². The van der Waals surface area contributed by atoms with Crippen molar-refractivity contribution in [2.24, 2.45) is 10.2 Å². The number of rotatable bonds is 3. The molecule has 0 N–H and O–H groups in total. The zero-order valence-electron chi connectivity index (χ0n) is 13.0. The highest BCUT2D eigenvalue weighted by Crippen LogP contribution is 2.49. The summed E-state index contributed by atoms with van der Waals surface area (Å²) >= 11 is 0. The Morgan fingerprint density at radius 3 is 1.33 bits per heavy atom. The monoisotopic (exact) mass is 346 g/mol. The van der Waals surface area contributed by atoms with Gasteiger partial charge in [-0.05, 0) is 24.1 Å². The largest absolute Gasteiger partial charge is 0.153 e. The van der Waals surface area contributed by atoms with Gasteiger partial charge in [0.2, 0.25) is 0 Å². The molecule has 0 spiro atoms. The molecule has 2 nitrogen and oxygen atoms in total. The molecule has 116 valence electrons. The van der Waals surface area contributed by atoms with E-state index < -0.39 is 6.89 Å². The molecule has 0 radical (unpaired) electrons. The van der Waals surface area contributed by atoms with Crippen molar-refractivity contribution in [3.05, 3.63) is 91.0 Å². The first-order valence-electron chi connectivity index (χ1n) is 7.79. The second-order valence-electron chi connectivity index (χ2n) is 5.44. The third-order valence-electron chi connectivity index (χ3n) is 4.10. The van der Waals surface area contributed by atoms with Crippen LogP contribution in [-0.2, 0) is 0 Å². The summed E-state index contributed by atoms with van der Waals surface area (Å²) in [5.41, 5.74) is 0. The molecule has 0 aliphatic carbocycles. The van der Waals surface area contributed by atoms with Crippen LogP contribution in [0.2, 0.25) is 0 Å². The number of nitrogens with zero attached hydrogens (tertiary/aromatic N) is 2. The van der Waals surface area contributed by atoms with Crippen LogP contribution in [0.4, 0.5) is 0 Å². The molecule has 1 aliphatic heterocycles. The molecule has 1 aliphatic rings. The number of benzene rings is 3. The number of hydrogen-bond donors (Lipinski definition) is 0. The summed E-state index contributed by atoms with van der Waals surface area (Å²) in [6, 6.07) is 32.2. The fourth-order valence-electron chi connectivity index (χ4n) is 3.08. The number of azo groups is 1. The van der Waals surface area contributed by atoms with E-state index in [2.05, 4.69) is 101 Å². The molecule has 3 aromatic carbocycles. The second-order valence-corrected chi connectivity index (χ2v) is 10.0. The molecule has 0 amide bonds. The maximum absolute atomic E-state index is 4.56. The summed E-state index contributed by atoms with van der Waals surface area (Å²) in [5.74, 6) is 1.89. The molecule has 0 aromatic heterocycles. The van der Waals surface area contributed by atoms with E-state index in [1.807, 2.05) is 5.92 Å². The van der Waals surface area contributed by atoms with Gasteiger partial charge in [-0.15, -0.1) is 5.11 Å². The molecular weight excluding hydrogens is 330 g/mol. The van der Waals surface area contributed by atoms with Crippen LogP contribution in [0, 0.1) is 0 Å². The highest BCUT2D eigenvalue weighted by atomic mass is 31.2. The number of hydrogen-bond acceptors (Lipinski definition) is 1. The molecule has 3 aromatic rings.